The fourth-order valence-corrected chi connectivity index (χ4v) is 5.81. The molecule has 2 aromatic carbocycles. The summed E-state index contributed by atoms with van der Waals surface area (Å²) >= 11 is 9.44. The molecule has 0 unspecified atom stereocenters. The standard InChI is InChI=1S/C22H22ClN5O2S2/c1-30-20-15(23)3-5-17-19(20)26-22(32-17)28-10-8-27(9-11-28)7-6-24-21(29)14-2-4-16-18(12-14)31-13-25-16/h2-5,12-13H,6-11H2,1H3,(H,24,29). The van der Waals surface area contributed by atoms with Gasteiger partial charge in [-0.1, -0.05) is 22.9 Å². The molecule has 0 bridgehead atoms. The first kappa shape index (κ1) is 21.4. The lowest BCUT2D eigenvalue weighted by Gasteiger charge is -2.34. The predicted molar refractivity (Wildman–Crippen MR) is 132 cm³/mol. The number of benzene rings is 2. The first-order valence-corrected chi connectivity index (χ1v) is 12.4. The van der Waals surface area contributed by atoms with Gasteiger partial charge in [-0.2, -0.15) is 0 Å². The fraction of sp³-hybridized carbons (Fsp3) is 0.318. The number of rotatable bonds is 6. The quantitative estimate of drug-likeness (QED) is 0.441. The van der Waals surface area contributed by atoms with Gasteiger partial charge in [0.1, 0.15) is 5.52 Å². The van der Waals surface area contributed by atoms with Gasteiger partial charge < -0.3 is 15.0 Å². The average Bonchev–Trinajstić information content (AvgIpc) is 3.46. The smallest absolute Gasteiger partial charge is 0.251 e. The number of aromatic nitrogens is 2. The van der Waals surface area contributed by atoms with E-state index in [2.05, 4.69) is 20.1 Å². The minimum atomic E-state index is -0.0407. The molecule has 0 saturated carbocycles. The van der Waals surface area contributed by atoms with Crippen molar-refractivity contribution in [2.45, 2.75) is 0 Å². The zero-order chi connectivity index (χ0) is 22.1. The fourth-order valence-electron chi connectivity index (χ4n) is 3.85. The summed E-state index contributed by atoms with van der Waals surface area (Å²) < 4.78 is 7.54. The van der Waals surface area contributed by atoms with Crippen LogP contribution in [0.2, 0.25) is 5.02 Å². The third-order valence-electron chi connectivity index (χ3n) is 5.61. The van der Waals surface area contributed by atoms with E-state index < -0.39 is 0 Å². The molecule has 1 aliphatic rings. The summed E-state index contributed by atoms with van der Waals surface area (Å²) in [5.74, 6) is 0.594. The monoisotopic (exact) mass is 487 g/mol. The molecule has 1 fully saturated rings. The third kappa shape index (κ3) is 4.25. The first-order valence-electron chi connectivity index (χ1n) is 10.3. The highest BCUT2D eigenvalue weighted by atomic mass is 35.5. The normalized spacial score (nSPS) is 14.9. The Morgan fingerprint density at radius 2 is 2.03 bits per heavy atom. The summed E-state index contributed by atoms with van der Waals surface area (Å²) in [7, 11) is 1.62. The molecule has 10 heteroatoms. The number of carbonyl (C=O) groups is 1. The molecule has 1 N–H and O–H groups in total. The van der Waals surface area contributed by atoms with Crippen molar-refractivity contribution in [2.75, 3.05) is 51.3 Å². The van der Waals surface area contributed by atoms with Gasteiger partial charge in [-0.15, -0.1) is 11.3 Å². The summed E-state index contributed by atoms with van der Waals surface area (Å²) in [5, 5.41) is 4.61. The van der Waals surface area contributed by atoms with Gasteiger partial charge in [-0.05, 0) is 30.3 Å². The number of amides is 1. The van der Waals surface area contributed by atoms with Crippen LogP contribution >= 0.6 is 34.3 Å². The van der Waals surface area contributed by atoms with Crippen molar-refractivity contribution in [1.29, 1.82) is 0 Å². The number of carbonyl (C=O) groups excluding carboxylic acids is 1. The van der Waals surface area contributed by atoms with Crippen LogP contribution in [0.3, 0.4) is 0 Å². The molecule has 32 heavy (non-hydrogen) atoms. The number of ether oxygens (including phenoxy) is 1. The highest BCUT2D eigenvalue weighted by molar-refractivity contribution is 7.22. The first-order chi connectivity index (χ1) is 15.6. The molecule has 7 nitrogen and oxygen atoms in total. The highest BCUT2D eigenvalue weighted by Crippen LogP contribution is 2.38. The Hall–Kier alpha value is -2.46. The van der Waals surface area contributed by atoms with Crippen LogP contribution < -0.4 is 15.0 Å². The second kappa shape index (κ2) is 9.19. The molecule has 0 atom stereocenters. The molecule has 4 aromatic rings. The van der Waals surface area contributed by atoms with Crippen molar-refractivity contribution in [1.82, 2.24) is 20.2 Å². The van der Waals surface area contributed by atoms with Crippen LogP contribution in [0, 0.1) is 0 Å². The van der Waals surface area contributed by atoms with Gasteiger partial charge in [-0.25, -0.2) is 9.97 Å². The zero-order valence-corrected chi connectivity index (χ0v) is 19.9. The van der Waals surface area contributed by atoms with Gasteiger partial charge in [0, 0.05) is 44.8 Å². The summed E-state index contributed by atoms with van der Waals surface area (Å²) in [6.07, 6.45) is 0. The molecule has 5 rings (SSSR count). The van der Waals surface area contributed by atoms with E-state index in [1.54, 1.807) is 35.3 Å². The second-order valence-corrected chi connectivity index (χ2v) is 9.85. The van der Waals surface area contributed by atoms with Crippen molar-refractivity contribution in [3.63, 3.8) is 0 Å². The third-order valence-corrected chi connectivity index (χ3v) is 7.78. The Labute approximate surface area is 198 Å². The Morgan fingerprint density at radius 3 is 2.84 bits per heavy atom. The number of anilines is 1. The van der Waals surface area contributed by atoms with Gasteiger partial charge in [0.15, 0.2) is 10.9 Å². The predicted octanol–water partition coefficient (Wildman–Crippen LogP) is 4.12. The highest BCUT2D eigenvalue weighted by Gasteiger charge is 2.21. The van der Waals surface area contributed by atoms with Crippen molar-refractivity contribution in [3.05, 3.63) is 46.4 Å². The Morgan fingerprint density at radius 1 is 1.19 bits per heavy atom. The van der Waals surface area contributed by atoms with Crippen molar-refractivity contribution >= 4 is 65.7 Å². The number of hydrogen-bond donors (Lipinski definition) is 1. The van der Waals surface area contributed by atoms with Crippen molar-refractivity contribution < 1.29 is 9.53 Å². The van der Waals surface area contributed by atoms with E-state index in [0.717, 1.165) is 58.3 Å². The molecular weight excluding hydrogens is 466 g/mol. The lowest BCUT2D eigenvalue weighted by Crippen LogP contribution is -2.48. The van der Waals surface area contributed by atoms with Crippen LogP contribution in [0.4, 0.5) is 5.13 Å². The zero-order valence-electron chi connectivity index (χ0n) is 17.5. The maximum atomic E-state index is 12.5. The van der Waals surface area contributed by atoms with Gasteiger partial charge >= 0.3 is 0 Å². The molecule has 1 saturated heterocycles. The number of nitrogens with zero attached hydrogens (tertiary/aromatic N) is 4. The van der Waals surface area contributed by atoms with E-state index in [-0.39, 0.29) is 5.91 Å². The maximum Gasteiger partial charge on any atom is 0.251 e. The Balaban J connectivity index is 1.13. The number of piperazine rings is 1. The molecule has 0 radical (unpaired) electrons. The van der Waals surface area contributed by atoms with Gasteiger partial charge in [-0.3, -0.25) is 9.69 Å². The maximum absolute atomic E-state index is 12.5. The minimum absolute atomic E-state index is 0.0407. The van der Waals surface area contributed by atoms with Crippen LogP contribution in [-0.2, 0) is 0 Å². The van der Waals surface area contributed by atoms with Crippen LogP contribution in [0.5, 0.6) is 5.75 Å². The number of fused-ring (bicyclic) bond motifs is 2. The molecule has 2 aromatic heterocycles. The number of halogens is 1. The number of nitrogens with one attached hydrogen (secondary N) is 1. The SMILES string of the molecule is COc1c(Cl)ccc2sc(N3CCN(CCNC(=O)c4ccc5ncsc5c4)CC3)nc12. The second-order valence-electron chi connectivity index (χ2n) is 7.54. The number of hydrogen-bond acceptors (Lipinski definition) is 8. The van der Waals surface area contributed by atoms with Crippen LogP contribution in [-0.4, -0.2) is 67.2 Å². The lowest BCUT2D eigenvalue weighted by molar-refractivity contribution is 0.0948. The van der Waals surface area contributed by atoms with E-state index in [1.807, 2.05) is 30.3 Å². The molecular formula is C22H22ClN5O2S2. The summed E-state index contributed by atoms with van der Waals surface area (Å²) in [6.45, 7) is 5.09. The topological polar surface area (TPSA) is 70.6 Å². The molecule has 1 amide bonds. The van der Waals surface area contributed by atoms with Crippen LogP contribution in [0.25, 0.3) is 20.4 Å². The van der Waals surface area contributed by atoms with E-state index in [4.69, 9.17) is 21.3 Å². The molecule has 166 valence electrons. The minimum Gasteiger partial charge on any atom is -0.493 e. The lowest BCUT2D eigenvalue weighted by atomic mass is 10.2. The van der Waals surface area contributed by atoms with Gasteiger partial charge in [0.25, 0.3) is 5.91 Å². The summed E-state index contributed by atoms with van der Waals surface area (Å²) in [6, 6.07) is 9.47. The average molecular weight is 488 g/mol. The van der Waals surface area contributed by atoms with Crippen LogP contribution in [0.1, 0.15) is 10.4 Å². The summed E-state index contributed by atoms with van der Waals surface area (Å²) in [5.41, 5.74) is 4.23. The van der Waals surface area contributed by atoms with Crippen molar-refractivity contribution in [2.24, 2.45) is 0 Å². The molecule has 3 heterocycles. The largest absolute Gasteiger partial charge is 0.493 e. The van der Waals surface area contributed by atoms with E-state index in [1.165, 1.54) is 0 Å². The Kier molecular flexibility index (Phi) is 6.14. The Bertz CT molecular complexity index is 1270. The number of thiazole rings is 2. The molecule has 0 aliphatic carbocycles. The van der Waals surface area contributed by atoms with Crippen LogP contribution in [0.15, 0.2) is 35.8 Å². The van der Waals surface area contributed by atoms with E-state index in [9.17, 15) is 4.79 Å². The summed E-state index contributed by atoms with van der Waals surface area (Å²) in [4.78, 5) is 26.2. The number of methoxy groups -OCH3 is 1. The van der Waals surface area contributed by atoms with E-state index in [0.29, 0.717) is 22.9 Å². The molecule has 0 spiro atoms. The van der Waals surface area contributed by atoms with E-state index >= 15 is 0 Å². The van der Waals surface area contributed by atoms with Gasteiger partial charge in [0.05, 0.1) is 32.6 Å². The van der Waals surface area contributed by atoms with Crippen molar-refractivity contribution in [3.8, 4) is 5.75 Å². The molecule has 1 aliphatic heterocycles. The van der Waals surface area contributed by atoms with Gasteiger partial charge in [0.2, 0.25) is 0 Å².